The smallest absolute Gasteiger partial charge is 0.240 e. The summed E-state index contributed by atoms with van der Waals surface area (Å²) in [4.78, 5) is 12.6. The van der Waals surface area contributed by atoms with Gasteiger partial charge in [0.2, 0.25) is 5.91 Å². The first kappa shape index (κ1) is 15.0. The fourth-order valence-electron chi connectivity index (χ4n) is 3.81. The number of hydrogen-bond donors (Lipinski definition) is 1. The van der Waals surface area contributed by atoms with Gasteiger partial charge in [-0.25, -0.2) is 0 Å². The Bertz CT molecular complexity index is 905. The summed E-state index contributed by atoms with van der Waals surface area (Å²) in [6, 6.07) is 8.29. The molecule has 1 aliphatic rings. The Labute approximate surface area is 141 Å². The second-order valence-corrected chi connectivity index (χ2v) is 6.64. The summed E-state index contributed by atoms with van der Waals surface area (Å²) in [5.74, 6) is 0.0532. The molecule has 24 heavy (non-hydrogen) atoms. The number of nitrogens with zero attached hydrogens (tertiary/aromatic N) is 3. The molecular weight excluding hydrogens is 300 g/mol. The number of nitrogens with one attached hydrogen (secondary N) is 1. The van der Waals surface area contributed by atoms with Crippen LogP contribution in [-0.4, -0.2) is 20.3 Å². The van der Waals surface area contributed by atoms with Crippen molar-refractivity contribution < 1.29 is 4.79 Å². The molecule has 3 aromatic rings. The maximum absolute atomic E-state index is 12.6. The van der Waals surface area contributed by atoms with E-state index in [9.17, 15) is 4.79 Å². The van der Waals surface area contributed by atoms with Gasteiger partial charge in [-0.2, -0.15) is 5.10 Å². The standard InChI is InChI=1S/C19H22N4O/c1-13-11-23(18-8-4-3-6-14(13)18)12-19(24)21-16-7-5-9-17-15(16)10-20-22(17)2/h3-4,6,8,10-11,16H,5,7,9,12H2,1-2H3,(H,21,24). The number of rotatable bonds is 3. The van der Waals surface area contributed by atoms with Crippen molar-refractivity contribution >= 4 is 16.8 Å². The fraction of sp³-hybridized carbons (Fsp3) is 0.368. The monoisotopic (exact) mass is 322 g/mol. The van der Waals surface area contributed by atoms with E-state index in [1.807, 2.05) is 34.6 Å². The molecule has 1 N–H and O–H groups in total. The van der Waals surface area contributed by atoms with Crippen molar-refractivity contribution in [2.75, 3.05) is 0 Å². The molecule has 1 unspecified atom stereocenters. The average molecular weight is 322 g/mol. The Morgan fingerprint density at radius 2 is 2.21 bits per heavy atom. The summed E-state index contributed by atoms with van der Waals surface area (Å²) >= 11 is 0. The minimum absolute atomic E-state index is 0.0532. The van der Waals surface area contributed by atoms with Crippen LogP contribution in [0.5, 0.6) is 0 Å². The number of para-hydroxylation sites is 1. The van der Waals surface area contributed by atoms with E-state index in [-0.39, 0.29) is 11.9 Å². The summed E-state index contributed by atoms with van der Waals surface area (Å²) in [5.41, 5.74) is 4.72. The highest BCUT2D eigenvalue weighted by Gasteiger charge is 2.24. The fourth-order valence-corrected chi connectivity index (χ4v) is 3.81. The van der Waals surface area contributed by atoms with Crippen molar-refractivity contribution in [3.8, 4) is 0 Å². The molecule has 124 valence electrons. The summed E-state index contributed by atoms with van der Waals surface area (Å²) in [5, 5.41) is 8.75. The normalized spacial score (nSPS) is 17.0. The van der Waals surface area contributed by atoms with Gasteiger partial charge in [0.25, 0.3) is 0 Å². The number of aryl methyl sites for hydroxylation is 2. The van der Waals surface area contributed by atoms with Gasteiger partial charge in [0.15, 0.2) is 0 Å². The van der Waals surface area contributed by atoms with Gasteiger partial charge < -0.3 is 9.88 Å². The lowest BCUT2D eigenvalue weighted by atomic mass is 9.93. The van der Waals surface area contributed by atoms with Crippen LogP contribution < -0.4 is 5.32 Å². The minimum Gasteiger partial charge on any atom is -0.348 e. The van der Waals surface area contributed by atoms with E-state index in [1.54, 1.807) is 0 Å². The van der Waals surface area contributed by atoms with Gasteiger partial charge in [0.1, 0.15) is 6.54 Å². The van der Waals surface area contributed by atoms with E-state index in [1.165, 1.54) is 22.2 Å². The number of carbonyl (C=O) groups is 1. The average Bonchev–Trinajstić information content (AvgIpc) is 3.10. The molecule has 0 saturated carbocycles. The Morgan fingerprint density at radius 1 is 1.38 bits per heavy atom. The molecular formula is C19H22N4O. The molecule has 1 aliphatic carbocycles. The summed E-state index contributed by atoms with van der Waals surface area (Å²) in [6.45, 7) is 2.43. The predicted octanol–water partition coefficient (Wildman–Crippen LogP) is 2.88. The Morgan fingerprint density at radius 3 is 3.08 bits per heavy atom. The number of hydrogen-bond acceptors (Lipinski definition) is 2. The highest BCUT2D eigenvalue weighted by molar-refractivity contribution is 5.86. The molecule has 2 heterocycles. The topological polar surface area (TPSA) is 51.9 Å². The molecule has 2 aromatic heterocycles. The van der Waals surface area contributed by atoms with Crippen LogP contribution in [0, 0.1) is 6.92 Å². The van der Waals surface area contributed by atoms with Crippen molar-refractivity contribution in [3.63, 3.8) is 0 Å². The Hall–Kier alpha value is -2.56. The van der Waals surface area contributed by atoms with Crippen LogP contribution in [0.4, 0.5) is 0 Å². The van der Waals surface area contributed by atoms with Crippen LogP contribution >= 0.6 is 0 Å². The number of aromatic nitrogens is 3. The van der Waals surface area contributed by atoms with Crippen LogP contribution in [0.3, 0.4) is 0 Å². The first-order chi connectivity index (χ1) is 11.6. The molecule has 0 bridgehead atoms. The van der Waals surface area contributed by atoms with E-state index >= 15 is 0 Å². The second kappa shape index (κ2) is 5.82. The third-order valence-corrected chi connectivity index (χ3v) is 5.01. The van der Waals surface area contributed by atoms with Gasteiger partial charge in [0, 0.05) is 35.4 Å². The molecule has 5 heteroatoms. The van der Waals surface area contributed by atoms with Gasteiger partial charge in [-0.3, -0.25) is 9.48 Å². The molecule has 0 spiro atoms. The van der Waals surface area contributed by atoms with Gasteiger partial charge in [-0.05, 0) is 37.8 Å². The van der Waals surface area contributed by atoms with Crippen LogP contribution in [0.15, 0.2) is 36.7 Å². The van der Waals surface area contributed by atoms with Crippen molar-refractivity contribution in [3.05, 3.63) is 53.5 Å². The largest absolute Gasteiger partial charge is 0.348 e. The number of benzene rings is 1. The molecule has 0 radical (unpaired) electrons. The minimum atomic E-state index is 0.0532. The molecule has 5 nitrogen and oxygen atoms in total. The van der Waals surface area contributed by atoms with Crippen LogP contribution in [0.25, 0.3) is 10.9 Å². The van der Waals surface area contributed by atoms with Crippen LogP contribution in [0.1, 0.15) is 35.7 Å². The van der Waals surface area contributed by atoms with E-state index < -0.39 is 0 Å². The van der Waals surface area contributed by atoms with E-state index in [0.717, 1.165) is 24.8 Å². The molecule has 0 fully saturated rings. The Balaban J connectivity index is 1.53. The molecule has 1 atom stereocenters. The van der Waals surface area contributed by atoms with Gasteiger partial charge in [-0.1, -0.05) is 18.2 Å². The summed E-state index contributed by atoms with van der Waals surface area (Å²) in [6.07, 6.45) is 7.06. The lowest BCUT2D eigenvalue weighted by molar-refractivity contribution is -0.122. The van der Waals surface area contributed by atoms with Crippen LogP contribution in [-0.2, 0) is 24.8 Å². The Kier molecular flexibility index (Phi) is 3.63. The number of carbonyl (C=O) groups excluding carboxylic acids is 1. The molecule has 1 aromatic carbocycles. The van der Waals surface area contributed by atoms with Crippen molar-refractivity contribution in [2.24, 2.45) is 7.05 Å². The zero-order chi connectivity index (χ0) is 16.7. The highest BCUT2D eigenvalue weighted by atomic mass is 16.2. The lowest BCUT2D eigenvalue weighted by Gasteiger charge is -2.24. The van der Waals surface area contributed by atoms with Crippen molar-refractivity contribution in [1.82, 2.24) is 19.7 Å². The SMILES string of the molecule is Cc1cn(CC(=O)NC2CCCc3c2cnn3C)c2ccccc12. The third kappa shape index (κ3) is 2.50. The van der Waals surface area contributed by atoms with Crippen LogP contribution in [0.2, 0.25) is 0 Å². The second-order valence-electron chi connectivity index (χ2n) is 6.64. The van der Waals surface area contributed by atoms with Crippen molar-refractivity contribution in [2.45, 2.75) is 38.8 Å². The maximum Gasteiger partial charge on any atom is 0.240 e. The number of amides is 1. The third-order valence-electron chi connectivity index (χ3n) is 5.01. The van der Waals surface area contributed by atoms with Crippen molar-refractivity contribution in [1.29, 1.82) is 0 Å². The highest BCUT2D eigenvalue weighted by Crippen LogP contribution is 2.29. The maximum atomic E-state index is 12.6. The molecule has 0 saturated heterocycles. The molecule has 4 rings (SSSR count). The summed E-state index contributed by atoms with van der Waals surface area (Å²) in [7, 11) is 1.97. The quantitative estimate of drug-likeness (QED) is 0.806. The number of fused-ring (bicyclic) bond motifs is 2. The zero-order valence-corrected chi connectivity index (χ0v) is 14.1. The van der Waals surface area contributed by atoms with E-state index in [4.69, 9.17) is 0 Å². The first-order valence-electron chi connectivity index (χ1n) is 8.48. The van der Waals surface area contributed by atoms with E-state index in [0.29, 0.717) is 6.54 Å². The van der Waals surface area contributed by atoms with Gasteiger partial charge in [0.05, 0.1) is 12.2 Å². The van der Waals surface area contributed by atoms with Gasteiger partial charge in [-0.15, -0.1) is 0 Å². The lowest BCUT2D eigenvalue weighted by Crippen LogP contribution is -2.33. The van der Waals surface area contributed by atoms with Gasteiger partial charge >= 0.3 is 0 Å². The zero-order valence-electron chi connectivity index (χ0n) is 14.1. The predicted molar refractivity (Wildman–Crippen MR) is 93.7 cm³/mol. The first-order valence-corrected chi connectivity index (χ1v) is 8.48. The molecule has 0 aliphatic heterocycles. The molecule has 1 amide bonds. The van der Waals surface area contributed by atoms with E-state index in [2.05, 4.69) is 35.7 Å². The summed E-state index contributed by atoms with van der Waals surface area (Å²) < 4.78 is 3.96.